The molecule has 0 fully saturated rings. The lowest BCUT2D eigenvalue weighted by Crippen LogP contribution is -2.41. The van der Waals surface area contributed by atoms with Gasteiger partial charge in [0.25, 0.3) is 0 Å². The van der Waals surface area contributed by atoms with E-state index in [2.05, 4.69) is 0 Å². The summed E-state index contributed by atoms with van der Waals surface area (Å²) in [6, 6.07) is 4.97. The second-order valence-electron chi connectivity index (χ2n) is 6.33. The van der Waals surface area contributed by atoms with Gasteiger partial charge in [0.2, 0.25) is 0 Å². The van der Waals surface area contributed by atoms with Gasteiger partial charge < -0.3 is 10.0 Å². The lowest BCUT2D eigenvalue weighted by molar-refractivity contribution is -0.338. The number of hydrogen-bond donors (Lipinski definition) is 0. The average molecular weight is 336 g/mol. The number of benzene rings is 1. The van der Waals surface area contributed by atoms with Crippen LogP contribution in [0.3, 0.4) is 0 Å². The summed E-state index contributed by atoms with van der Waals surface area (Å²) >= 11 is 0. The van der Waals surface area contributed by atoms with Crippen LogP contribution in [0.1, 0.15) is 38.8 Å². The number of halogens is 3. The Morgan fingerprint density at radius 2 is 1.54 bits per heavy atom. The van der Waals surface area contributed by atoms with Gasteiger partial charge in [0, 0.05) is 12.1 Å². The highest BCUT2D eigenvalue weighted by molar-refractivity contribution is 5.86. The molecule has 0 radical (unpaired) electrons. The Labute approximate surface area is 140 Å². The summed E-state index contributed by atoms with van der Waals surface area (Å²) in [5.41, 5.74) is 1.07. The van der Waals surface area contributed by atoms with Crippen LogP contribution in [0.4, 0.5) is 13.2 Å². The van der Waals surface area contributed by atoms with Gasteiger partial charge in [-0.1, -0.05) is 30.4 Å². The molecular formula is C19H21F3NO-. The van der Waals surface area contributed by atoms with Crippen molar-refractivity contribution in [2.45, 2.75) is 46.0 Å². The molecule has 0 amide bonds. The predicted octanol–water partition coefficient (Wildman–Crippen LogP) is 4.35. The van der Waals surface area contributed by atoms with Crippen molar-refractivity contribution in [1.29, 1.82) is 0 Å². The molecule has 1 aromatic rings. The molecule has 0 atom stereocenters. The van der Waals surface area contributed by atoms with Crippen molar-refractivity contribution < 1.29 is 18.3 Å². The van der Waals surface area contributed by atoms with E-state index in [4.69, 9.17) is 0 Å². The van der Waals surface area contributed by atoms with Crippen LogP contribution in [0.15, 0.2) is 53.9 Å². The molecule has 0 N–H and O–H groups in total. The zero-order chi connectivity index (χ0) is 18.1. The molecule has 0 aromatic heterocycles. The van der Waals surface area contributed by atoms with E-state index in [1.165, 1.54) is 12.1 Å². The highest BCUT2D eigenvalue weighted by Crippen LogP contribution is 2.34. The van der Waals surface area contributed by atoms with E-state index in [1.807, 2.05) is 27.7 Å². The number of rotatable bonds is 4. The fraction of sp³-hybridized carbons (Fsp3) is 0.368. The zero-order valence-corrected chi connectivity index (χ0v) is 14.2. The SMILES string of the molecule is CC(C)N(/C([O-])=C1\C=CC=C1c1ccc(C(F)(F)F)cc1)C(C)C. The van der Waals surface area contributed by atoms with Gasteiger partial charge in [-0.15, -0.1) is 0 Å². The van der Waals surface area contributed by atoms with Gasteiger partial charge in [-0.3, -0.25) is 0 Å². The molecule has 2 rings (SSSR count). The normalized spacial score (nSPS) is 16.8. The van der Waals surface area contributed by atoms with Crippen molar-refractivity contribution in [3.05, 3.63) is 65.1 Å². The molecule has 0 unspecified atom stereocenters. The topological polar surface area (TPSA) is 26.3 Å². The number of allylic oxidation sites excluding steroid dienone is 5. The standard InChI is InChI=1S/C19H22F3NO/c1-12(2)23(13(3)4)18(24)17-7-5-6-16(17)14-8-10-15(11-9-14)19(20,21)22/h5-13,24H,1-4H3/p-1/b18-17-. The molecule has 1 aliphatic carbocycles. The van der Waals surface area contributed by atoms with E-state index in [9.17, 15) is 18.3 Å². The third-order valence-corrected chi connectivity index (χ3v) is 3.92. The van der Waals surface area contributed by atoms with Gasteiger partial charge in [0.05, 0.1) is 5.56 Å². The van der Waals surface area contributed by atoms with E-state index in [0.29, 0.717) is 16.7 Å². The Morgan fingerprint density at radius 3 is 2.00 bits per heavy atom. The highest BCUT2D eigenvalue weighted by atomic mass is 19.4. The largest absolute Gasteiger partial charge is 0.860 e. The Bertz CT molecular complexity index is 672. The summed E-state index contributed by atoms with van der Waals surface area (Å²) in [4.78, 5) is 1.77. The molecule has 0 saturated heterocycles. The van der Waals surface area contributed by atoms with Crippen LogP contribution in [-0.4, -0.2) is 17.0 Å². The Kier molecular flexibility index (Phi) is 5.11. The number of alkyl halides is 3. The average Bonchev–Trinajstić information content (AvgIpc) is 2.95. The first-order valence-corrected chi connectivity index (χ1v) is 7.89. The van der Waals surface area contributed by atoms with Crippen molar-refractivity contribution in [3.8, 4) is 0 Å². The molecule has 0 bridgehead atoms. The molecular weight excluding hydrogens is 315 g/mol. The fourth-order valence-corrected chi connectivity index (χ4v) is 2.90. The maximum Gasteiger partial charge on any atom is 0.416 e. The Hall–Kier alpha value is -2.17. The van der Waals surface area contributed by atoms with Gasteiger partial charge in [-0.25, -0.2) is 0 Å². The van der Waals surface area contributed by atoms with Crippen LogP contribution in [-0.2, 0) is 6.18 Å². The van der Waals surface area contributed by atoms with E-state index in [-0.39, 0.29) is 18.0 Å². The van der Waals surface area contributed by atoms with Crippen molar-refractivity contribution in [2.75, 3.05) is 0 Å². The molecule has 0 spiro atoms. The minimum Gasteiger partial charge on any atom is -0.860 e. The monoisotopic (exact) mass is 336 g/mol. The molecule has 1 aliphatic rings. The van der Waals surface area contributed by atoms with Crippen LogP contribution >= 0.6 is 0 Å². The summed E-state index contributed by atoms with van der Waals surface area (Å²) in [6.07, 6.45) is 0.857. The smallest absolute Gasteiger partial charge is 0.416 e. The van der Waals surface area contributed by atoms with Crippen molar-refractivity contribution in [1.82, 2.24) is 4.90 Å². The third-order valence-electron chi connectivity index (χ3n) is 3.92. The summed E-state index contributed by atoms with van der Waals surface area (Å²) in [7, 11) is 0. The van der Waals surface area contributed by atoms with Crippen LogP contribution in [0.25, 0.3) is 5.57 Å². The maximum atomic E-state index is 12.9. The molecule has 2 nitrogen and oxygen atoms in total. The van der Waals surface area contributed by atoms with Gasteiger partial charge in [-0.05, 0) is 62.4 Å². The number of hydrogen-bond acceptors (Lipinski definition) is 2. The van der Waals surface area contributed by atoms with Crippen molar-refractivity contribution in [2.24, 2.45) is 0 Å². The first-order chi connectivity index (χ1) is 11.1. The van der Waals surface area contributed by atoms with Gasteiger partial charge in [0.15, 0.2) is 0 Å². The van der Waals surface area contributed by atoms with Crippen molar-refractivity contribution in [3.63, 3.8) is 0 Å². The lowest BCUT2D eigenvalue weighted by Gasteiger charge is -2.40. The lowest BCUT2D eigenvalue weighted by atomic mass is 9.99. The number of nitrogens with zero attached hydrogens (tertiary/aromatic N) is 1. The van der Waals surface area contributed by atoms with Gasteiger partial charge >= 0.3 is 6.18 Å². The minimum atomic E-state index is -4.37. The molecule has 0 heterocycles. The zero-order valence-electron chi connectivity index (χ0n) is 14.2. The Balaban J connectivity index is 2.40. The van der Waals surface area contributed by atoms with Gasteiger partial charge in [-0.2, -0.15) is 13.2 Å². The molecule has 5 heteroatoms. The fourth-order valence-electron chi connectivity index (χ4n) is 2.90. The van der Waals surface area contributed by atoms with E-state index >= 15 is 0 Å². The van der Waals surface area contributed by atoms with Crippen LogP contribution in [0.5, 0.6) is 0 Å². The summed E-state index contributed by atoms with van der Waals surface area (Å²) in [5.74, 6) is -0.111. The van der Waals surface area contributed by atoms with E-state index < -0.39 is 11.7 Å². The second-order valence-corrected chi connectivity index (χ2v) is 6.33. The van der Waals surface area contributed by atoms with Crippen LogP contribution in [0, 0.1) is 0 Å². The maximum absolute atomic E-state index is 12.9. The van der Waals surface area contributed by atoms with E-state index in [1.54, 1.807) is 23.1 Å². The summed E-state index contributed by atoms with van der Waals surface area (Å²) < 4.78 is 38.1. The first kappa shape index (κ1) is 18.2. The third kappa shape index (κ3) is 3.66. The molecule has 24 heavy (non-hydrogen) atoms. The van der Waals surface area contributed by atoms with E-state index in [0.717, 1.165) is 12.1 Å². The molecule has 130 valence electrons. The molecule has 0 saturated carbocycles. The van der Waals surface area contributed by atoms with Gasteiger partial charge in [0.1, 0.15) is 0 Å². The van der Waals surface area contributed by atoms with Crippen LogP contribution in [0.2, 0.25) is 0 Å². The minimum absolute atomic E-state index is 0.0351. The first-order valence-electron chi connectivity index (χ1n) is 7.89. The summed E-state index contributed by atoms with van der Waals surface area (Å²) in [6.45, 7) is 7.77. The highest BCUT2D eigenvalue weighted by Gasteiger charge is 2.30. The quantitative estimate of drug-likeness (QED) is 0.764. The second kappa shape index (κ2) is 6.75. The predicted molar refractivity (Wildman–Crippen MR) is 87.7 cm³/mol. The van der Waals surface area contributed by atoms with Crippen molar-refractivity contribution >= 4 is 5.57 Å². The Morgan fingerprint density at radius 1 is 1.00 bits per heavy atom. The summed E-state index contributed by atoms with van der Waals surface area (Å²) in [5, 5.41) is 12.9. The molecule has 0 aliphatic heterocycles. The molecule has 1 aromatic carbocycles. The van der Waals surface area contributed by atoms with Crippen LogP contribution < -0.4 is 5.11 Å².